The molecule has 1 unspecified atom stereocenters. The zero-order chi connectivity index (χ0) is 12.9. The Balaban J connectivity index is 4.69. The second-order valence-corrected chi connectivity index (χ2v) is 2.68. The van der Waals surface area contributed by atoms with Crippen molar-refractivity contribution in [3.8, 4) is 0 Å². The van der Waals surface area contributed by atoms with E-state index in [1.165, 1.54) is 0 Å². The highest BCUT2D eigenvalue weighted by molar-refractivity contribution is 6.06. The number of amides is 1. The van der Waals surface area contributed by atoms with Crippen LogP contribution in [0.4, 0.5) is 0 Å². The third kappa shape index (κ3) is 3.53. The molecule has 0 rings (SSSR count). The number of nitrogens with one attached hydrogen (secondary N) is 2. The highest BCUT2D eigenvalue weighted by atomic mass is 16.4. The summed E-state index contributed by atoms with van der Waals surface area (Å²) >= 11 is 0. The molecule has 0 saturated carbocycles. The number of likely N-dealkylation sites (N-methyl/N-ethyl adjacent to an activating group) is 1. The van der Waals surface area contributed by atoms with Gasteiger partial charge in [0.1, 0.15) is 0 Å². The Kier molecular flexibility index (Phi) is 4.89. The zero-order valence-corrected chi connectivity index (χ0v) is 8.13. The first-order valence-corrected chi connectivity index (χ1v) is 3.97. The van der Waals surface area contributed by atoms with Crippen LogP contribution >= 0.6 is 0 Å². The minimum absolute atomic E-state index is 1.16. The molecule has 0 aromatic heterocycles. The molecule has 0 aliphatic heterocycles. The van der Waals surface area contributed by atoms with Gasteiger partial charge in [0.15, 0.2) is 6.04 Å². The lowest BCUT2D eigenvalue weighted by atomic mass is 10.2. The summed E-state index contributed by atoms with van der Waals surface area (Å²) in [6.45, 7) is 0. The van der Waals surface area contributed by atoms with E-state index in [9.17, 15) is 19.2 Å². The first kappa shape index (κ1) is 13.8. The largest absolute Gasteiger partial charge is 0.480 e. The van der Waals surface area contributed by atoms with Crippen molar-refractivity contribution in [2.45, 2.75) is 12.1 Å². The second-order valence-electron chi connectivity index (χ2n) is 2.68. The molecule has 9 heteroatoms. The number of aliphatic carboxylic acids is 3. The monoisotopic (exact) mass is 234 g/mol. The van der Waals surface area contributed by atoms with Gasteiger partial charge in [0.05, 0.1) is 0 Å². The first-order chi connectivity index (χ1) is 7.31. The van der Waals surface area contributed by atoms with Crippen LogP contribution in [0.5, 0.6) is 0 Å². The average Bonchev–Trinajstić information content (AvgIpc) is 2.13. The summed E-state index contributed by atoms with van der Waals surface area (Å²) in [4.78, 5) is 42.4. The SMILES string of the molecule is CNC(C(=O)O)C(=O)NC(C(=O)O)C(=O)O. The highest BCUT2D eigenvalue weighted by Gasteiger charge is 2.32. The number of hydrogen-bond acceptors (Lipinski definition) is 5. The van der Waals surface area contributed by atoms with Crippen molar-refractivity contribution < 1.29 is 34.5 Å². The maximum Gasteiger partial charge on any atom is 0.338 e. The molecule has 0 saturated heterocycles. The van der Waals surface area contributed by atoms with Gasteiger partial charge in [-0.15, -0.1) is 0 Å². The fourth-order valence-corrected chi connectivity index (χ4v) is 0.821. The van der Waals surface area contributed by atoms with Gasteiger partial charge >= 0.3 is 17.9 Å². The van der Waals surface area contributed by atoms with Gasteiger partial charge in [0, 0.05) is 0 Å². The summed E-state index contributed by atoms with van der Waals surface area (Å²) in [6, 6.07) is -3.89. The van der Waals surface area contributed by atoms with Crippen molar-refractivity contribution in [2.75, 3.05) is 7.05 Å². The smallest absolute Gasteiger partial charge is 0.338 e. The molecule has 0 aromatic carbocycles. The summed E-state index contributed by atoms with van der Waals surface area (Å²) in [7, 11) is 1.16. The fraction of sp³-hybridized carbons (Fsp3) is 0.429. The highest BCUT2D eigenvalue weighted by Crippen LogP contribution is 1.89. The molecule has 0 aromatic rings. The van der Waals surface area contributed by atoms with Crippen LogP contribution in [0.1, 0.15) is 0 Å². The molecule has 90 valence electrons. The molecule has 0 radical (unpaired) electrons. The maximum absolute atomic E-state index is 11.2. The van der Waals surface area contributed by atoms with Gasteiger partial charge in [0.2, 0.25) is 11.9 Å². The predicted octanol–water partition coefficient (Wildman–Crippen LogP) is -2.69. The predicted molar refractivity (Wildman–Crippen MR) is 47.7 cm³/mol. The van der Waals surface area contributed by atoms with Gasteiger partial charge in [-0.1, -0.05) is 0 Å². The molecule has 1 atom stereocenters. The third-order valence-electron chi connectivity index (χ3n) is 1.58. The lowest BCUT2D eigenvalue weighted by Crippen LogP contribution is -2.55. The molecule has 0 aliphatic rings. The molecule has 9 nitrogen and oxygen atoms in total. The molecule has 16 heavy (non-hydrogen) atoms. The maximum atomic E-state index is 11.2. The van der Waals surface area contributed by atoms with Crippen molar-refractivity contribution in [3.63, 3.8) is 0 Å². The molecule has 1 amide bonds. The fourth-order valence-electron chi connectivity index (χ4n) is 0.821. The van der Waals surface area contributed by atoms with E-state index in [2.05, 4.69) is 5.32 Å². The summed E-state index contributed by atoms with van der Waals surface area (Å²) in [6.07, 6.45) is 0. The van der Waals surface area contributed by atoms with E-state index in [1.807, 2.05) is 0 Å². The van der Waals surface area contributed by atoms with Gasteiger partial charge in [-0.25, -0.2) is 14.4 Å². The molecule has 5 N–H and O–H groups in total. The van der Waals surface area contributed by atoms with E-state index in [-0.39, 0.29) is 0 Å². The lowest BCUT2D eigenvalue weighted by molar-refractivity contribution is -0.155. The number of carboxylic acid groups (broad SMARTS) is 3. The Hall–Kier alpha value is -2.16. The second kappa shape index (κ2) is 5.66. The van der Waals surface area contributed by atoms with Crippen LogP contribution in [-0.2, 0) is 19.2 Å². The minimum Gasteiger partial charge on any atom is -0.480 e. The molecule has 0 aliphatic carbocycles. The Labute approximate surface area is 89.1 Å². The molecule has 0 bridgehead atoms. The Morgan fingerprint density at radius 3 is 1.50 bits per heavy atom. The quantitative estimate of drug-likeness (QED) is 0.311. The Bertz CT molecular complexity index is 313. The van der Waals surface area contributed by atoms with Crippen LogP contribution in [-0.4, -0.2) is 58.3 Å². The zero-order valence-electron chi connectivity index (χ0n) is 8.13. The van der Waals surface area contributed by atoms with Crippen molar-refractivity contribution in [1.29, 1.82) is 0 Å². The van der Waals surface area contributed by atoms with Crippen LogP contribution < -0.4 is 10.6 Å². The van der Waals surface area contributed by atoms with Gasteiger partial charge in [-0.3, -0.25) is 10.1 Å². The van der Waals surface area contributed by atoms with Gasteiger partial charge in [-0.05, 0) is 7.05 Å². The van der Waals surface area contributed by atoms with Gasteiger partial charge in [-0.2, -0.15) is 0 Å². The normalized spacial score (nSPS) is 11.9. The van der Waals surface area contributed by atoms with Crippen molar-refractivity contribution in [1.82, 2.24) is 10.6 Å². The topological polar surface area (TPSA) is 153 Å². The van der Waals surface area contributed by atoms with Gasteiger partial charge < -0.3 is 20.6 Å². The van der Waals surface area contributed by atoms with E-state index >= 15 is 0 Å². The lowest BCUT2D eigenvalue weighted by Gasteiger charge is -2.14. The van der Waals surface area contributed by atoms with E-state index < -0.39 is 35.9 Å². The number of carbonyl (C=O) groups is 4. The Morgan fingerprint density at radius 2 is 1.25 bits per heavy atom. The molecule has 0 fully saturated rings. The molecular formula is C7H10N2O7. The average molecular weight is 234 g/mol. The van der Waals surface area contributed by atoms with Crippen LogP contribution in [0.2, 0.25) is 0 Å². The van der Waals surface area contributed by atoms with Gasteiger partial charge in [0.25, 0.3) is 0 Å². The number of carbonyl (C=O) groups excluding carboxylic acids is 1. The van der Waals surface area contributed by atoms with Crippen LogP contribution in [0.25, 0.3) is 0 Å². The van der Waals surface area contributed by atoms with E-state index in [0.717, 1.165) is 7.05 Å². The molecular weight excluding hydrogens is 224 g/mol. The molecule has 0 heterocycles. The Morgan fingerprint density at radius 1 is 0.875 bits per heavy atom. The van der Waals surface area contributed by atoms with Crippen LogP contribution in [0.15, 0.2) is 0 Å². The summed E-state index contributed by atoms with van der Waals surface area (Å²) in [5.41, 5.74) is 0. The third-order valence-corrected chi connectivity index (χ3v) is 1.58. The summed E-state index contributed by atoms with van der Waals surface area (Å²) < 4.78 is 0. The van der Waals surface area contributed by atoms with E-state index in [0.29, 0.717) is 0 Å². The minimum atomic E-state index is -2.18. The standard InChI is InChI=1S/C7H10N2O7/c1-8-2(5(11)12)4(10)9-3(6(13)14)7(15)16/h2-3,8H,1H3,(H,9,10)(H,11,12)(H,13,14)(H,15,16). The van der Waals surface area contributed by atoms with E-state index in [1.54, 1.807) is 5.32 Å². The number of hydrogen-bond donors (Lipinski definition) is 5. The van der Waals surface area contributed by atoms with Crippen LogP contribution in [0.3, 0.4) is 0 Å². The molecule has 0 spiro atoms. The number of rotatable bonds is 6. The van der Waals surface area contributed by atoms with Crippen molar-refractivity contribution >= 4 is 23.8 Å². The summed E-state index contributed by atoms with van der Waals surface area (Å²) in [5, 5.41) is 29.0. The van der Waals surface area contributed by atoms with Crippen molar-refractivity contribution in [2.24, 2.45) is 0 Å². The van der Waals surface area contributed by atoms with E-state index in [4.69, 9.17) is 15.3 Å². The summed E-state index contributed by atoms with van der Waals surface area (Å²) in [5.74, 6) is -6.37. The number of carboxylic acids is 3. The first-order valence-electron chi connectivity index (χ1n) is 3.97. The van der Waals surface area contributed by atoms with Crippen LogP contribution in [0, 0.1) is 0 Å². The van der Waals surface area contributed by atoms with Crippen molar-refractivity contribution in [3.05, 3.63) is 0 Å².